The highest BCUT2D eigenvalue weighted by atomic mass is 16.5. The van der Waals surface area contributed by atoms with Crippen molar-refractivity contribution in [3.63, 3.8) is 0 Å². The van der Waals surface area contributed by atoms with Crippen LogP contribution in [-0.2, 0) is 16.9 Å². The van der Waals surface area contributed by atoms with E-state index in [4.69, 9.17) is 14.9 Å². The number of aromatic nitrogens is 2. The molecule has 1 aromatic rings. The molecule has 1 rings (SSSR count). The quantitative estimate of drug-likeness (QED) is 0.751. The number of nitrogens with two attached hydrogens (primary N) is 1. The van der Waals surface area contributed by atoms with E-state index in [9.17, 15) is 0 Å². The van der Waals surface area contributed by atoms with E-state index in [1.165, 1.54) is 0 Å². The normalized spacial score (nSPS) is 15.7. The lowest BCUT2D eigenvalue weighted by molar-refractivity contribution is -0.0242. The molecule has 0 amide bonds. The van der Waals surface area contributed by atoms with Crippen LogP contribution in [0, 0.1) is 0 Å². The Morgan fingerprint density at radius 2 is 2.23 bits per heavy atom. The van der Waals surface area contributed by atoms with Crippen LogP contribution >= 0.6 is 0 Å². The van der Waals surface area contributed by atoms with Crippen LogP contribution in [0.3, 0.4) is 0 Å². The minimum atomic E-state index is -0.500. The van der Waals surface area contributed by atoms with E-state index in [0.29, 0.717) is 11.8 Å². The maximum absolute atomic E-state index is 5.35. The molecular formula is C8H15N3O2. The Labute approximate surface area is 77.3 Å². The molecule has 0 spiro atoms. The largest absolute Gasteiger partial charge is 0.421 e. The van der Waals surface area contributed by atoms with Gasteiger partial charge in [0.25, 0.3) is 0 Å². The third-order valence-electron chi connectivity index (χ3n) is 2.22. The first-order valence-electron chi connectivity index (χ1n) is 4.24. The van der Waals surface area contributed by atoms with Crippen LogP contribution in [0.1, 0.15) is 32.0 Å². The fourth-order valence-corrected chi connectivity index (χ4v) is 0.933. The standard InChI is InChI=1S/C8H15N3O2/c1-4-8(2,12-3)7-11-10-6(5-9)13-7/h4-5,9H2,1-3H3. The lowest BCUT2D eigenvalue weighted by Gasteiger charge is -2.21. The highest BCUT2D eigenvalue weighted by molar-refractivity contribution is 4.94. The molecule has 1 unspecified atom stereocenters. The molecule has 0 bridgehead atoms. The van der Waals surface area contributed by atoms with E-state index in [-0.39, 0.29) is 6.54 Å². The molecule has 0 radical (unpaired) electrons. The predicted octanol–water partition coefficient (Wildman–Crippen LogP) is 0.800. The van der Waals surface area contributed by atoms with Gasteiger partial charge in [-0.1, -0.05) is 6.92 Å². The van der Waals surface area contributed by atoms with Gasteiger partial charge in [0.1, 0.15) is 5.60 Å². The first kappa shape index (κ1) is 10.1. The molecule has 0 aliphatic heterocycles. The highest BCUT2D eigenvalue weighted by Gasteiger charge is 2.30. The number of hydrogen-bond acceptors (Lipinski definition) is 5. The summed E-state index contributed by atoms with van der Waals surface area (Å²) in [5.74, 6) is 0.921. The van der Waals surface area contributed by atoms with Crippen molar-refractivity contribution in [3.05, 3.63) is 11.8 Å². The Hall–Kier alpha value is -0.940. The van der Waals surface area contributed by atoms with Gasteiger partial charge in [0, 0.05) is 7.11 Å². The van der Waals surface area contributed by atoms with Gasteiger partial charge in [-0.3, -0.25) is 0 Å². The van der Waals surface area contributed by atoms with Gasteiger partial charge in [0.15, 0.2) is 0 Å². The summed E-state index contributed by atoms with van der Waals surface area (Å²) in [5, 5.41) is 7.65. The molecule has 0 saturated heterocycles. The van der Waals surface area contributed by atoms with Crippen molar-refractivity contribution in [2.45, 2.75) is 32.4 Å². The monoisotopic (exact) mass is 185 g/mol. The molecule has 0 saturated carbocycles. The Morgan fingerprint density at radius 3 is 2.62 bits per heavy atom. The average Bonchev–Trinajstić information content (AvgIpc) is 2.65. The number of methoxy groups -OCH3 is 1. The van der Waals surface area contributed by atoms with Crippen LogP contribution in [-0.4, -0.2) is 17.3 Å². The van der Waals surface area contributed by atoms with E-state index in [0.717, 1.165) is 6.42 Å². The topological polar surface area (TPSA) is 74.2 Å². The number of nitrogens with zero attached hydrogens (tertiary/aromatic N) is 2. The van der Waals surface area contributed by atoms with E-state index in [2.05, 4.69) is 10.2 Å². The van der Waals surface area contributed by atoms with Crippen molar-refractivity contribution >= 4 is 0 Å². The second-order valence-electron chi connectivity index (χ2n) is 2.99. The predicted molar refractivity (Wildman–Crippen MR) is 46.8 cm³/mol. The van der Waals surface area contributed by atoms with Crippen LogP contribution in [0.4, 0.5) is 0 Å². The molecule has 0 fully saturated rings. The molecular weight excluding hydrogens is 170 g/mol. The molecule has 0 aliphatic carbocycles. The van der Waals surface area contributed by atoms with Crippen LogP contribution < -0.4 is 5.73 Å². The minimum Gasteiger partial charge on any atom is -0.421 e. The molecule has 2 N–H and O–H groups in total. The molecule has 0 aliphatic rings. The van der Waals surface area contributed by atoms with Crippen molar-refractivity contribution in [3.8, 4) is 0 Å². The Bertz CT molecular complexity index is 268. The summed E-state index contributed by atoms with van der Waals surface area (Å²) < 4.78 is 10.6. The molecule has 1 heterocycles. The molecule has 13 heavy (non-hydrogen) atoms. The molecule has 74 valence electrons. The lowest BCUT2D eigenvalue weighted by Crippen LogP contribution is -2.23. The molecule has 1 atom stereocenters. The van der Waals surface area contributed by atoms with Gasteiger partial charge in [0.05, 0.1) is 6.54 Å². The zero-order chi connectivity index (χ0) is 9.90. The Morgan fingerprint density at radius 1 is 1.54 bits per heavy atom. The molecule has 1 aromatic heterocycles. The van der Waals surface area contributed by atoms with Crippen molar-refractivity contribution in [1.82, 2.24) is 10.2 Å². The van der Waals surface area contributed by atoms with Crippen LogP contribution in [0.2, 0.25) is 0 Å². The first-order valence-corrected chi connectivity index (χ1v) is 4.24. The van der Waals surface area contributed by atoms with Crippen molar-refractivity contribution < 1.29 is 9.15 Å². The SMILES string of the molecule is CCC(C)(OC)c1nnc(CN)o1. The van der Waals surface area contributed by atoms with Gasteiger partial charge in [-0.15, -0.1) is 10.2 Å². The van der Waals surface area contributed by atoms with Crippen LogP contribution in [0.25, 0.3) is 0 Å². The Balaban J connectivity index is 2.91. The summed E-state index contributed by atoms with van der Waals surface area (Å²) >= 11 is 0. The Kier molecular flexibility index (Phi) is 3.00. The zero-order valence-electron chi connectivity index (χ0n) is 8.20. The number of rotatable bonds is 4. The van der Waals surface area contributed by atoms with E-state index >= 15 is 0 Å². The number of hydrogen-bond donors (Lipinski definition) is 1. The minimum absolute atomic E-state index is 0.260. The van der Waals surface area contributed by atoms with Gasteiger partial charge >= 0.3 is 0 Å². The lowest BCUT2D eigenvalue weighted by atomic mass is 10.0. The summed E-state index contributed by atoms with van der Waals surface area (Å²) in [5.41, 5.74) is 4.85. The third kappa shape index (κ3) is 1.87. The second kappa shape index (κ2) is 3.85. The molecule has 5 nitrogen and oxygen atoms in total. The maximum atomic E-state index is 5.35. The van der Waals surface area contributed by atoms with Crippen LogP contribution in [0.15, 0.2) is 4.42 Å². The summed E-state index contributed by atoms with van der Waals surface area (Å²) in [4.78, 5) is 0. The second-order valence-corrected chi connectivity index (χ2v) is 2.99. The maximum Gasteiger partial charge on any atom is 0.247 e. The van der Waals surface area contributed by atoms with Crippen molar-refractivity contribution in [1.29, 1.82) is 0 Å². The summed E-state index contributed by atoms with van der Waals surface area (Å²) in [7, 11) is 1.62. The number of ether oxygens (including phenoxy) is 1. The van der Waals surface area contributed by atoms with E-state index in [1.807, 2.05) is 13.8 Å². The molecule has 0 aromatic carbocycles. The van der Waals surface area contributed by atoms with Crippen molar-refractivity contribution in [2.75, 3.05) is 7.11 Å². The highest BCUT2D eigenvalue weighted by Crippen LogP contribution is 2.26. The van der Waals surface area contributed by atoms with Gasteiger partial charge in [-0.2, -0.15) is 0 Å². The van der Waals surface area contributed by atoms with E-state index < -0.39 is 5.60 Å². The fraction of sp³-hybridized carbons (Fsp3) is 0.750. The van der Waals surface area contributed by atoms with Gasteiger partial charge < -0.3 is 14.9 Å². The fourth-order valence-electron chi connectivity index (χ4n) is 0.933. The zero-order valence-corrected chi connectivity index (χ0v) is 8.20. The summed E-state index contributed by atoms with van der Waals surface area (Å²) in [6.45, 7) is 4.16. The summed E-state index contributed by atoms with van der Waals surface area (Å²) in [6.07, 6.45) is 0.774. The van der Waals surface area contributed by atoms with Crippen molar-refractivity contribution in [2.24, 2.45) is 5.73 Å². The smallest absolute Gasteiger partial charge is 0.247 e. The molecule has 5 heteroatoms. The summed E-state index contributed by atoms with van der Waals surface area (Å²) in [6, 6.07) is 0. The van der Waals surface area contributed by atoms with E-state index in [1.54, 1.807) is 7.11 Å². The van der Waals surface area contributed by atoms with Gasteiger partial charge in [0.2, 0.25) is 11.8 Å². The van der Waals surface area contributed by atoms with Gasteiger partial charge in [-0.25, -0.2) is 0 Å². The van der Waals surface area contributed by atoms with Gasteiger partial charge in [-0.05, 0) is 13.3 Å². The third-order valence-corrected chi connectivity index (χ3v) is 2.22. The first-order chi connectivity index (χ1) is 6.16. The van der Waals surface area contributed by atoms with Crippen LogP contribution in [0.5, 0.6) is 0 Å². The average molecular weight is 185 g/mol.